The van der Waals surface area contributed by atoms with Gasteiger partial charge in [0.15, 0.2) is 15.0 Å². The van der Waals surface area contributed by atoms with E-state index in [0.29, 0.717) is 12.2 Å². The third-order valence-corrected chi connectivity index (χ3v) is 7.11. The Morgan fingerprint density at radius 2 is 2.10 bits per heavy atom. The summed E-state index contributed by atoms with van der Waals surface area (Å²) in [5, 5.41) is 3.03. The molecule has 1 N–H and O–H groups in total. The largest absolute Gasteiger partial charge is 0.281 e. The number of rotatable bonds is 6. The minimum atomic E-state index is -2.88. The van der Waals surface area contributed by atoms with Gasteiger partial charge in [-0.3, -0.25) is 5.01 Å². The number of hydrogen-bond donors (Lipinski definition) is 1. The predicted octanol–water partition coefficient (Wildman–Crippen LogP) is 2.40. The summed E-state index contributed by atoms with van der Waals surface area (Å²) < 4.78 is 23.5. The molecule has 0 spiro atoms. The second kappa shape index (κ2) is 6.87. The highest BCUT2D eigenvalue weighted by molar-refractivity contribution is 8.13. The number of nitrogens with one attached hydrogen (secondary N) is 1. The quantitative estimate of drug-likeness (QED) is 0.756. The van der Waals surface area contributed by atoms with Crippen LogP contribution in [0.5, 0.6) is 0 Å². The van der Waals surface area contributed by atoms with Crippen LogP contribution in [0.2, 0.25) is 0 Å². The molecule has 0 aromatic heterocycles. The number of sulfone groups is 1. The molecule has 0 radical (unpaired) electrons. The molecule has 0 aliphatic carbocycles. The van der Waals surface area contributed by atoms with Crippen LogP contribution in [0.15, 0.2) is 4.99 Å². The minimum absolute atomic E-state index is 0.0304. The average molecular weight is 334 g/mol. The average Bonchev–Trinajstić information content (AvgIpc) is 3.00. The second-order valence-electron chi connectivity index (χ2n) is 5.87. The first-order chi connectivity index (χ1) is 9.95. The van der Waals surface area contributed by atoms with E-state index >= 15 is 0 Å². The molecule has 21 heavy (non-hydrogen) atoms. The molecule has 0 aromatic carbocycles. The summed E-state index contributed by atoms with van der Waals surface area (Å²) in [5.41, 5.74) is 3.26. The Morgan fingerprint density at radius 3 is 2.62 bits per heavy atom. The van der Waals surface area contributed by atoms with Gasteiger partial charge in [0.1, 0.15) is 5.66 Å². The molecule has 7 heteroatoms. The Bertz CT molecular complexity index is 486. The van der Waals surface area contributed by atoms with Crippen LogP contribution < -0.4 is 5.43 Å². The Labute approximate surface area is 132 Å². The Hall–Kier alpha value is -0.270. The highest BCUT2D eigenvalue weighted by Gasteiger charge is 2.42. The van der Waals surface area contributed by atoms with Gasteiger partial charge in [-0.05, 0) is 25.7 Å². The fraction of sp³-hybridized carbons (Fsp3) is 0.929. The molecule has 2 aliphatic heterocycles. The topological polar surface area (TPSA) is 61.8 Å². The highest BCUT2D eigenvalue weighted by atomic mass is 32.2. The molecule has 122 valence electrons. The Balaban J connectivity index is 2.13. The third kappa shape index (κ3) is 3.93. The first-order valence-corrected chi connectivity index (χ1v) is 10.8. The Morgan fingerprint density at radius 1 is 1.38 bits per heavy atom. The van der Waals surface area contributed by atoms with Crippen molar-refractivity contribution in [2.45, 2.75) is 64.6 Å². The predicted molar refractivity (Wildman–Crippen MR) is 90.1 cm³/mol. The molecule has 2 aliphatic rings. The van der Waals surface area contributed by atoms with Gasteiger partial charge in [-0.2, -0.15) is 0 Å². The fourth-order valence-electron chi connectivity index (χ4n) is 2.74. The smallest absolute Gasteiger partial charge is 0.175 e. The van der Waals surface area contributed by atoms with Crippen molar-refractivity contribution >= 4 is 26.8 Å². The second-order valence-corrected chi connectivity index (χ2v) is 9.16. The van der Waals surface area contributed by atoms with Crippen LogP contribution in [-0.2, 0) is 9.84 Å². The van der Waals surface area contributed by atoms with E-state index in [2.05, 4.69) is 31.2 Å². The maximum absolute atomic E-state index is 11.8. The molecule has 1 saturated heterocycles. The summed E-state index contributed by atoms with van der Waals surface area (Å²) in [7, 11) is -2.88. The molecule has 5 nitrogen and oxygen atoms in total. The summed E-state index contributed by atoms with van der Waals surface area (Å²) >= 11 is 1.76. The number of unbranched alkanes of at least 4 members (excludes halogenated alkanes) is 1. The van der Waals surface area contributed by atoms with Gasteiger partial charge in [-0.25, -0.2) is 18.8 Å². The van der Waals surface area contributed by atoms with Crippen LogP contribution in [-0.4, -0.2) is 47.6 Å². The lowest BCUT2D eigenvalue weighted by Gasteiger charge is -2.31. The van der Waals surface area contributed by atoms with Crippen LogP contribution >= 0.6 is 11.8 Å². The van der Waals surface area contributed by atoms with Crippen molar-refractivity contribution in [2.75, 3.05) is 17.3 Å². The van der Waals surface area contributed by atoms with E-state index in [1.54, 1.807) is 11.8 Å². The molecule has 0 aromatic rings. The summed E-state index contributed by atoms with van der Waals surface area (Å²) in [6.07, 6.45) is 4.85. The summed E-state index contributed by atoms with van der Waals surface area (Å²) in [5.74, 6) is 1.58. The lowest BCUT2D eigenvalue weighted by Crippen LogP contribution is -2.52. The maximum atomic E-state index is 11.8. The maximum Gasteiger partial charge on any atom is 0.175 e. The van der Waals surface area contributed by atoms with Crippen molar-refractivity contribution < 1.29 is 8.42 Å². The van der Waals surface area contributed by atoms with Crippen LogP contribution in [0.4, 0.5) is 0 Å². The molecule has 1 fully saturated rings. The normalized spacial score (nSPS) is 27.1. The van der Waals surface area contributed by atoms with Crippen molar-refractivity contribution in [3.8, 4) is 0 Å². The molecular weight excluding hydrogens is 306 g/mol. The lowest BCUT2D eigenvalue weighted by molar-refractivity contribution is 0.172. The van der Waals surface area contributed by atoms with Gasteiger partial charge >= 0.3 is 0 Å². The van der Waals surface area contributed by atoms with E-state index in [0.717, 1.165) is 36.6 Å². The zero-order valence-corrected chi connectivity index (χ0v) is 14.9. The zero-order chi connectivity index (χ0) is 15.5. The number of hydrogen-bond acceptors (Lipinski definition) is 6. The first-order valence-electron chi connectivity index (χ1n) is 7.95. The van der Waals surface area contributed by atoms with Crippen molar-refractivity contribution in [2.24, 2.45) is 4.99 Å². The monoisotopic (exact) mass is 333 g/mol. The van der Waals surface area contributed by atoms with E-state index in [-0.39, 0.29) is 17.5 Å². The van der Waals surface area contributed by atoms with Crippen LogP contribution in [0.25, 0.3) is 0 Å². The van der Waals surface area contributed by atoms with E-state index in [1.165, 1.54) is 0 Å². The molecule has 1 unspecified atom stereocenters. The van der Waals surface area contributed by atoms with Gasteiger partial charge < -0.3 is 0 Å². The van der Waals surface area contributed by atoms with Gasteiger partial charge in [0.25, 0.3) is 0 Å². The fourth-order valence-corrected chi connectivity index (χ4v) is 5.62. The Kier molecular flexibility index (Phi) is 5.59. The van der Waals surface area contributed by atoms with Gasteiger partial charge in [0.2, 0.25) is 0 Å². The van der Waals surface area contributed by atoms with Crippen molar-refractivity contribution in [1.82, 2.24) is 10.4 Å². The van der Waals surface area contributed by atoms with Crippen LogP contribution in [0.1, 0.15) is 52.9 Å². The van der Waals surface area contributed by atoms with Gasteiger partial charge in [0, 0.05) is 5.75 Å². The number of thioether (sulfide) groups is 1. The molecule has 0 amide bonds. The number of hydrazine groups is 1. The molecule has 2 heterocycles. The summed E-state index contributed by atoms with van der Waals surface area (Å²) in [6.45, 7) is 6.44. The highest BCUT2D eigenvalue weighted by Crippen LogP contribution is 2.31. The van der Waals surface area contributed by atoms with Gasteiger partial charge in [-0.1, -0.05) is 39.0 Å². The molecule has 2 rings (SSSR count). The van der Waals surface area contributed by atoms with Gasteiger partial charge in [0.05, 0.1) is 17.5 Å². The standard InChI is InChI=1S/C14H27N3O2S2/c1-4-7-9-20-13-15-14(5-2,6-3)16-17(13)12-8-10-21(18,19)11-12/h12,16H,4-11H2,1-3H3. The first kappa shape index (κ1) is 17.1. The molecule has 0 saturated carbocycles. The lowest BCUT2D eigenvalue weighted by atomic mass is 10.1. The number of nitrogens with zero attached hydrogens (tertiary/aromatic N) is 2. The summed E-state index contributed by atoms with van der Waals surface area (Å²) in [6, 6.07) is 0.0304. The minimum Gasteiger partial charge on any atom is -0.281 e. The molecular formula is C14H27N3O2S2. The third-order valence-electron chi connectivity index (χ3n) is 4.32. The van der Waals surface area contributed by atoms with E-state index in [9.17, 15) is 8.42 Å². The van der Waals surface area contributed by atoms with E-state index in [1.807, 2.05) is 0 Å². The SMILES string of the molecule is CCCCSC1=NC(CC)(CC)NN1C1CCS(=O)(=O)C1. The van der Waals surface area contributed by atoms with E-state index < -0.39 is 9.84 Å². The van der Waals surface area contributed by atoms with Crippen molar-refractivity contribution in [3.05, 3.63) is 0 Å². The molecule has 1 atom stereocenters. The van der Waals surface area contributed by atoms with Crippen LogP contribution in [0.3, 0.4) is 0 Å². The van der Waals surface area contributed by atoms with Crippen molar-refractivity contribution in [3.63, 3.8) is 0 Å². The van der Waals surface area contributed by atoms with Crippen molar-refractivity contribution in [1.29, 1.82) is 0 Å². The van der Waals surface area contributed by atoms with Crippen LogP contribution in [0, 0.1) is 0 Å². The number of aliphatic imine (C=N–C) groups is 1. The molecule has 0 bridgehead atoms. The zero-order valence-electron chi connectivity index (χ0n) is 13.3. The summed E-state index contributed by atoms with van der Waals surface area (Å²) in [4.78, 5) is 4.90. The van der Waals surface area contributed by atoms with Gasteiger partial charge in [-0.15, -0.1) is 0 Å². The van der Waals surface area contributed by atoms with E-state index in [4.69, 9.17) is 4.99 Å². The number of amidine groups is 1.